The second-order valence-electron chi connectivity index (χ2n) is 5.35. The van der Waals surface area contributed by atoms with Crippen LogP contribution in [0.2, 0.25) is 0 Å². The molecule has 1 rings (SSSR count). The number of carbonyl (C=O) groups is 1. The minimum absolute atomic E-state index is 0.0873. The first-order valence-electron chi connectivity index (χ1n) is 7.09. The maximum Gasteiger partial charge on any atom is 0.335 e. The van der Waals surface area contributed by atoms with Gasteiger partial charge in [-0.1, -0.05) is 6.58 Å². The van der Waals surface area contributed by atoms with Crippen LogP contribution in [0.25, 0.3) is 0 Å². The number of aliphatic hydroxyl groups is 1. The number of hydrogen-bond acceptors (Lipinski definition) is 5. The Balaban J connectivity index is 2.44. The number of carbonyl (C=O) groups excluding carboxylic acids is 1. The zero-order valence-electron chi connectivity index (χ0n) is 12.5. The Morgan fingerprint density at radius 3 is 2.40 bits per heavy atom. The molecule has 1 aliphatic carbocycles. The van der Waals surface area contributed by atoms with Crippen LogP contribution in [-0.2, 0) is 19.0 Å². The van der Waals surface area contributed by atoms with Crippen molar-refractivity contribution >= 4 is 5.97 Å². The highest BCUT2D eigenvalue weighted by molar-refractivity contribution is 5.87. The summed E-state index contributed by atoms with van der Waals surface area (Å²) in [7, 11) is 3.40. The number of hydrogen-bond donors (Lipinski definition) is 1. The molecule has 0 heterocycles. The fraction of sp³-hybridized carbons (Fsp3) is 0.800. The summed E-state index contributed by atoms with van der Waals surface area (Å²) in [6.07, 6.45) is 4.55. The molecule has 5 heteroatoms. The Morgan fingerprint density at radius 1 is 1.25 bits per heavy atom. The second-order valence-corrected chi connectivity index (χ2v) is 5.35. The molecule has 0 radical (unpaired) electrons. The Bertz CT molecular complexity index is 307. The predicted octanol–water partition coefficient (Wildman–Crippen LogP) is 1.55. The van der Waals surface area contributed by atoms with Crippen LogP contribution >= 0.6 is 0 Å². The molecule has 1 atom stereocenters. The number of ether oxygens (including phenoxy) is 3. The Labute approximate surface area is 120 Å². The van der Waals surface area contributed by atoms with Crippen molar-refractivity contribution in [2.45, 2.75) is 31.8 Å². The third kappa shape index (κ3) is 5.23. The van der Waals surface area contributed by atoms with Crippen LogP contribution < -0.4 is 0 Å². The Kier molecular flexibility index (Phi) is 7.80. The first-order chi connectivity index (χ1) is 9.62. The van der Waals surface area contributed by atoms with Crippen molar-refractivity contribution in [3.05, 3.63) is 12.2 Å². The van der Waals surface area contributed by atoms with Gasteiger partial charge in [0.15, 0.2) is 0 Å². The molecule has 116 valence electrons. The molecule has 1 unspecified atom stereocenters. The maximum atomic E-state index is 11.5. The number of rotatable bonds is 8. The van der Waals surface area contributed by atoms with E-state index in [2.05, 4.69) is 6.58 Å². The summed E-state index contributed by atoms with van der Waals surface area (Å²) in [5.74, 6) is 0.143. The van der Waals surface area contributed by atoms with E-state index in [1.165, 1.54) is 0 Å². The molecule has 0 spiro atoms. The van der Waals surface area contributed by atoms with E-state index in [1.54, 1.807) is 14.2 Å². The minimum Gasteiger partial charge on any atom is -0.462 e. The van der Waals surface area contributed by atoms with Crippen molar-refractivity contribution in [2.75, 3.05) is 34.0 Å². The molecule has 1 saturated carbocycles. The lowest BCUT2D eigenvalue weighted by atomic mass is 9.79. The average molecular weight is 286 g/mol. The summed E-state index contributed by atoms with van der Waals surface area (Å²) in [5, 5.41) is 8.84. The minimum atomic E-state index is -0.529. The normalized spacial score (nSPS) is 24.1. The standard InChI is InChI=1S/C15H26O5/c1-11(8-16)15(17)20-10-13(9-18-2)12-4-6-14(19-3)7-5-12/h12-14,16H,1,4-10H2,2-3H3. The van der Waals surface area contributed by atoms with Crippen molar-refractivity contribution < 1.29 is 24.1 Å². The molecule has 1 fully saturated rings. The third-order valence-electron chi connectivity index (χ3n) is 4.01. The molecule has 0 bridgehead atoms. The molecule has 1 aliphatic rings. The van der Waals surface area contributed by atoms with Crippen LogP contribution in [0.4, 0.5) is 0 Å². The van der Waals surface area contributed by atoms with Crippen molar-refractivity contribution in [2.24, 2.45) is 11.8 Å². The van der Waals surface area contributed by atoms with Gasteiger partial charge < -0.3 is 19.3 Å². The molecule has 5 nitrogen and oxygen atoms in total. The van der Waals surface area contributed by atoms with E-state index in [4.69, 9.17) is 19.3 Å². The summed E-state index contributed by atoms with van der Waals surface area (Å²) in [6.45, 7) is 3.97. The van der Waals surface area contributed by atoms with E-state index < -0.39 is 5.97 Å². The molecule has 0 saturated heterocycles. The van der Waals surface area contributed by atoms with Gasteiger partial charge in [0.2, 0.25) is 0 Å². The molecule has 0 amide bonds. The molecule has 0 aromatic carbocycles. The van der Waals surface area contributed by atoms with Gasteiger partial charge in [0.1, 0.15) is 0 Å². The number of methoxy groups -OCH3 is 2. The smallest absolute Gasteiger partial charge is 0.335 e. The molecule has 20 heavy (non-hydrogen) atoms. The maximum absolute atomic E-state index is 11.5. The van der Waals surface area contributed by atoms with Crippen LogP contribution in [0, 0.1) is 11.8 Å². The van der Waals surface area contributed by atoms with Crippen molar-refractivity contribution in [3.8, 4) is 0 Å². The average Bonchev–Trinajstić information content (AvgIpc) is 2.50. The van der Waals surface area contributed by atoms with Crippen molar-refractivity contribution in [1.82, 2.24) is 0 Å². The molecule has 0 aliphatic heterocycles. The topological polar surface area (TPSA) is 65.0 Å². The second kappa shape index (κ2) is 9.10. The zero-order chi connectivity index (χ0) is 15.0. The number of esters is 1. The van der Waals surface area contributed by atoms with Gasteiger partial charge in [0, 0.05) is 20.1 Å². The predicted molar refractivity (Wildman–Crippen MR) is 75.3 cm³/mol. The van der Waals surface area contributed by atoms with Gasteiger partial charge in [-0.3, -0.25) is 0 Å². The largest absolute Gasteiger partial charge is 0.462 e. The fourth-order valence-corrected chi connectivity index (χ4v) is 2.68. The van der Waals surface area contributed by atoms with E-state index in [9.17, 15) is 4.79 Å². The highest BCUT2D eigenvalue weighted by Crippen LogP contribution is 2.32. The Hall–Kier alpha value is -0.910. The van der Waals surface area contributed by atoms with Gasteiger partial charge in [0.25, 0.3) is 0 Å². The van der Waals surface area contributed by atoms with Crippen LogP contribution in [-0.4, -0.2) is 51.2 Å². The van der Waals surface area contributed by atoms with E-state index in [1.807, 2.05) is 0 Å². The summed E-state index contributed by atoms with van der Waals surface area (Å²) >= 11 is 0. The molecule has 1 N–H and O–H groups in total. The van der Waals surface area contributed by atoms with E-state index >= 15 is 0 Å². The molecular weight excluding hydrogens is 260 g/mol. The van der Waals surface area contributed by atoms with Gasteiger partial charge in [-0.2, -0.15) is 0 Å². The van der Waals surface area contributed by atoms with Gasteiger partial charge in [-0.05, 0) is 31.6 Å². The lowest BCUT2D eigenvalue weighted by Crippen LogP contribution is -2.31. The molecule has 0 aromatic heterocycles. The van der Waals surface area contributed by atoms with Gasteiger partial charge in [-0.25, -0.2) is 4.79 Å². The fourth-order valence-electron chi connectivity index (χ4n) is 2.68. The molecule has 0 aromatic rings. The number of aliphatic hydroxyl groups excluding tert-OH is 1. The van der Waals surface area contributed by atoms with E-state index in [0.717, 1.165) is 25.7 Å². The zero-order valence-corrected chi connectivity index (χ0v) is 12.5. The SMILES string of the molecule is C=C(CO)C(=O)OCC(COC)C1CCC(OC)CC1. The van der Waals surface area contributed by atoms with E-state index in [-0.39, 0.29) is 18.1 Å². The van der Waals surface area contributed by atoms with Crippen LogP contribution in [0.1, 0.15) is 25.7 Å². The monoisotopic (exact) mass is 286 g/mol. The first-order valence-corrected chi connectivity index (χ1v) is 7.09. The third-order valence-corrected chi connectivity index (χ3v) is 4.01. The highest BCUT2D eigenvalue weighted by atomic mass is 16.5. The van der Waals surface area contributed by atoms with Crippen LogP contribution in [0.3, 0.4) is 0 Å². The van der Waals surface area contributed by atoms with E-state index in [0.29, 0.717) is 25.2 Å². The highest BCUT2D eigenvalue weighted by Gasteiger charge is 2.28. The van der Waals surface area contributed by atoms with Gasteiger partial charge in [-0.15, -0.1) is 0 Å². The van der Waals surface area contributed by atoms with Gasteiger partial charge >= 0.3 is 5.97 Å². The van der Waals surface area contributed by atoms with Crippen molar-refractivity contribution in [3.63, 3.8) is 0 Å². The summed E-state index contributed by atoms with van der Waals surface area (Å²) < 4.78 is 15.8. The quantitative estimate of drug-likeness (QED) is 0.542. The summed E-state index contributed by atoms with van der Waals surface area (Å²) in [4.78, 5) is 11.5. The Morgan fingerprint density at radius 2 is 1.90 bits per heavy atom. The summed E-state index contributed by atoms with van der Waals surface area (Å²) in [5.41, 5.74) is 0.0873. The lowest BCUT2D eigenvalue weighted by Gasteiger charge is -2.32. The van der Waals surface area contributed by atoms with Crippen LogP contribution in [0.5, 0.6) is 0 Å². The molecular formula is C15H26O5. The lowest BCUT2D eigenvalue weighted by molar-refractivity contribution is -0.142. The van der Waals surface area contributed by atoms with Gasteiger partial charge in [0.05, 0.1) is 31.5 Å². The van der Waals surface area contributed by atoms with Crippen molar-refractivity contribution in [1.29, 1.82) is 0 Å². The van der Waals surface area contributed by atoms with Crippen LogP contribution in [0.15, 0.2) is 12.2 Å². The first kappa shape index (κ1) is 17.1. The summed E-state index contributed by atoms with van der Waals surface area (Å²) in [6, 6.07) is 0.